The van der Waals surface area contributed by atoms with Gasteiger partial charge in [0.15, 0.2) is 0 Å². The molecule has 0 aliphatic heterocycles. The second-order valence-electron chi connectivity index (χ2n) is 3.98. The Morgan fingerprint density at radius 1 is 1.06 bits per heavy atom. The summed E-state index contributed by atoms with van der Waals surface area (Å²) in [4.78, 5) is 0. The van der Waals surface area contributed by atoms with Gasteiger partial charge in [-0.25, -0.2) is 0 Å². The first-order valence-corrected chi connectivity index (χ1v) is 6.37. The molecule has 1 rings (SSSR count). The molecule has 0 atom stereocenters. The molecule has 0 radical (unpaired) electrons. The second kappa shape index (κ2) is 8.88. The third-order valence-electron chi connectivity index (χ3n) is 2.44. The first kappa shape index (κ1) is 13.8. The zero-order valence-electron chi connectivity index (χ0n) is 10.9. The summed E-state index contributed by atoms with van der Waals surface area (Å²) in [7, 11) is 1.91. The summed E-state index contributed by atoms with van der Waals surface area (Å²) in [5, 5.41) is 3.04. The van der Waals surface area contributed by atoms with Gasteiger partial charge in [-0.15, -0.1) is 0 Å². The molecule has 0 aromatic heterocycles. The second-order valence-corrected chi connectivity index (χ2v) is 3.98. The quantitative estimate of drug-likeness (QED) is 0.670. The predicted octanol–water partition coefficient (Wildman–Crippen LogP) is 2.85. The molecule has 0 amide bonds. The van der Waals surface area contributed by atoms with E-state index < -0.39 is 0 Å². The van der Waals surface area contributed by atoms with Crippen molar-refractivity contribution >= 4 is 0 Å². The highest BCUT2D eigenvalue weighted by molar-refractivity contribution is 5.32. The van der Waals surface area contributed by atoms with Crippen molar-refractivity contribution in [1.82, 2.24) is 5.32 Å². The maximum Gasteiger partial charge on any atom is 0.123 e. The third kappa shape index (κ3) is 6.17. The van der Waals surface area contributed by atoms with Gasteiger partial charge in [-0.3, -0.25) is 0 Å². The van der Waals surface area contributed by atoms with Gasteiger partial charge in [-0.05, 0) is 25.6 Å². The minimum Gasteiger partial charge on any atom is -0.493 e. The smallest absolute Gasteiger partial charge is 0.123 e. The molecule has 1 aromatic rings. The van der Waals surface area contributed by atoms with Crippen LogP contribution in [-0.4, -0.2) is 26.8 Å². The summed E-state index contributed by atoms with van der Waals surface area (Å²) in [5.74, 6) is 1.76. The normalized spacial score (nSPS) is 10.2. The van der Waals surface area contributed by atoms with E-state index in [1.165, 1.54) is 12.8 Å². The highest BCUT2D eigenvalue weighted by atomic mass is 16.5. The van der Waals surface area contributed by atoms with Crippen molar-refractivity contribution in [2.45, 2.75) is 26.2 Å². The fourth-order valence-electron chi connectivity index (χ4n) is 1.47. The lowest BCUT2D eigenvalue weighted by molar-refractivity contribution is 0.296. The fourth-order valence-corrected chi connectivity index (χ4v) is 1.47. The van der Waals surface area contributed by atoms with Gasteiger partial charge in [-0.1, -0.05) is 25.8 Å². The minimum atomic E-state index is 0.676. The van der Waals surface area contributed by atoms with E-state index in [4.69, 9.17) is 9.47 Å². The van der Waals surface area contributed by atoms with E-state index in [2.05, 4.69) is 12.2 Å². The van der Waals surface area contributed by atoms with E-state index in [1.54, 1.807) is 0 Å². The Morgan fingerprint density at radius 3 is 2.41 bits per heavy atom. The Morgan fingerprint density at radius 2 is 1.76 bits per heavy atom. The van der Waals surface area contributed by atoms with Gasteiger partial charge in [0.2, 0.25) is 0 Å². The molecule has 0 aliphatic carbocycles. The Bertz CT molecular complexity index is 302. The van der Waals surface area contributed by atoms with Gasteiger partial charge in [-0.2, -0.15) is 0 Å². The molecular weight excluding hydrogens is 214 g/mol. The Labute approximate surface area is 104 Å². The minimum absolute atomic E-state index is 0.676. The summed E-state index contributed by atoms with van der Waals surface area (Å²) < 4.78 is 11.2. The largest absolute Gasteiger partial charge is 0.493 e. The fraction of sp³-hybridized carbons (Fsp3) is 0.571. The van der Waals surface area contributed by atoms with Crippen LogP contribution in [0, 0.1) is 0 Å². The van der Waals surface area contributed by atoms with Gasteiger partial charge in [0.1, 0.15) is 18.1 Å². The molecule has 96 valence electrons. The van der Waals surface area contributed by atoms with Crippen molar-refractivity contribution in [3.63, 3.8) is 0 Å². The maximum absolute atomic E-state index is 5.66. The van der Waals surface area contributed by atoms with Crippen LogP contribution in [0.15, 0.2) is 24.3 Å². The molecule has 3 nitrogen and oxygen atoms in total. The molecule has 1 N–H and O–H groups in total. The van der Waals surface area contributed by atoms with Gasteiger partial charge in [0, 0.05) is 12.6 Å². The SMILES string of the molecule is CCCCCOc1cccc(OCCNC)c1. The number of likely N-dealkylation sites (N-methyl/N-ethyl adjacent to an activating group) is 1. The average Bonchev–Trinajstić information content (AvgIpc) is 2.36. The van der Waals surface area contributed by atoms with E-state index in [0.29, 0.717) is 6.61 Å². The van der Waals surface area contributed by atoms with E-state index in [1.807, 2.05) is 31.3 Å². The summed E-state index contributed by atoms with van der Waals surface area (Å²) >= 11 is 0. The van der Waals surface area contributed by atoms with Gasteiger partial charge < -0.3 is 14.8 Å². The molecule has 0 spiro atoms. The van der Waals surface area contributed by atoms with Crippen molar-refractivity contribution in [3.05, 3.63) is 24.3 Å². The topological polar surface area (TPSA) is 30.5 Å². The first-order valence-electron chi connectivity index (χ1n) is 6.37. The Kier molecular flexibility index (Phi) is 7.23. The third-order valence-corrected chi connectivity index (χ3v) is 2.44. The van der Waals surface area contributed by atoms with Crippen molar-refractivity contribution in [2.24, 2.45) is 0 Å². The molecule has 17 heavy (non-hydrogen) atoms. The molecule has 0 fully saturated rings. The number of unbranched alkanes of at least 4 members (excludes halogenated alkanes) is 2. The lowest BCUT2D eigenvalue weighted by Gasteiger charge is -2.09. The highest BCUT2D eigenvalue weighted by Crippen LogP contribution is 2.19. The summed E-state index contributed by atoms with van der Waals surface area (Å²) in [6.45, 7) is 4.50. The number of rotatable bonds is 9. The van der Waals surface area contributed by atoms with E-state index >= 15 is 0 Å². The zero-order chi connectivity index (χ0) is 12.3. The standard InChI is InChI=1S/C14H23NO2/c1-3-4-5-10-16-13-7-6-8-14(12-13)17-11-9-15-2/h6-8,12,15H,3-5,9-11H2,1-2H3. The summed E-state index contributed by atoms with van der Waals surface area (Å²) in [6.07, 6.45) is 3.55. The van der Waals surface area contributed by atoms with E-state index in [9.17, 15) is 0 Å². The van der Waals surface area contributed by atoms with Crippen LogP contribution in [0.4, 0.5) is 0 Å². The number of hydrogen-bond acceptors (Lipinski definition) is 3. The van der Waals surface area contributed by atoms with Crippen LogP contribution < -0.4 is 14.8 Å². The molecule has 3 heteroatoms. The van der Waals surface area contributed by atoms with Crippen molar-refractivity contribution in [2.75, 3.05) is 26.8 Å². The van der Waals surface area contributed by atoms with E-state index in [0.717, 1.165) is 31.1 Å². The van der Waals surface area contributed by atoms with Gasteiger partial charge in [0.05, 0.1) is 6.61 Å². The van der Waals surface area contributed by atoms with Crippen LogP contribution in [-0.2, 0) is 0 Å². The molecular formula is C14H23NO2. The number of hydrogen-bond donors (Lipinski definition) is 1. The molecule has 0 saturated heterocycles. The Balaban J connectivity index is 2.31. The monoisotopic (exact) mass is 237 g/mol. The van der Waals surface area contributed by atoms with Crippen LogP contribution in [0.25, 0.3) is 0 Å². The number of benzene rings is 1. The number of nitrogens with one attached hydrogen (secondary N) is 1. The molecule has 0 heterocycles. The van der Waals surface area contributed by atoms with E-state index in [-0.39, 0.29) is 0 Å². The summed E-state index contributed by atoms with van der Waals surface area (Å²) in [5.41, 5.74) is 0. The van der Waals surface area contributed by atoms with Gasteiger partial charge >= 0.3 is 0 Å². The zero-order valence-corrected chi connectivity index (χ0v) is 10.9. The molecule has 0 unspecified atom stereocenters. The maximum atomic E-state index is 5.66. The van der Waals surface area contributed by atoms with Crippen LogP contribution in [0.3, 0.4) is 0 Å². The molecule has 1 aromatic carbocycles. The van der Waals surface area contributed by atoms with Crippen LogP contribution in [0.5, 0.6) is 11.5 Å². The van der Waals surface area contributed by atoms with Crippen molar-refractivity contribution in [3.8, 4) is 11.5 Å². The molecule has 0 saturated carbocycles. The number of ether oxygens (including phenoxy) is 2. The average molecular weight is 237 g/mol. The van der Waals surface area contributed by atoms with Gasteiger partial charge in [0.25, 0.3) is 0 Å². The summed E-state index contributed by atoms with van der Waals surface area (Å²) in [6, 6.07) is 7.83. The van der Waals surface area contributed by atoms with Crippen LogP contribution >= 0.6 is 0 Å². The van der Waals surface area contributed by atoms with Crippen molar-refractivity contribution < 1.29 is 9.47 Å². The van der Waals surface area contributed by atoms with Crippen LogP contribution in [0.1, 0.15) is 26.2 Å². The molecule has 0 aliphatic rings. The molecule has 0 bridgehead atoms. The lowest BCUT2D eigenvalue weighted by Crippen LogP contribution is -2.15. The predicted molar refractivity (Wildman–Crippen MR) is 70.9 cm³/mol. The lowest BCUT2D eigenvalue weighted by atomic mass is 10.3. The first-order chi connectivity index (χ1) is 8.36. The van der Waals surface area contributed by atoms with Crippen LogP contribution in [0.2, 0.25) is 0 Å². The highest BCUT2D eigenvalue weighted by Gasteiger charge is 1.97. The van der Waals surface area contributed by atoms with Crippen molar-refractivity contribution in [1.29, 1.82) is 0 Å². The Hall–Kier alpha value is -1.22.